The standard InChI is InChI=1S/C17H25N5O2S2/c1-12-5-7-15(8-6-12)26(23,24)21-10-9-19-17(18-4)20-11-16-22-13(2)14(3)25-16/h5-8,21H,9-11H2,1-4H3,(H2,18,19,20). The average Bonchev–Trinajstić information content (AvgIpc) is 2.92. The van der Waals surface area contributed by atoms with E-state index in [2.05, 4.69) is 25.3 Å². The Hall–Kier alpha value is -1.97. The highest BCUT2D eigenvalue weighted by atomic mass is 32.2. The molecular weight excluding hydrogens is 370 g/mol. The van der Waals surface area contributed by atoms with Crippen molar-refractivity contribution in [3.8, 4) is 0 Å². The van der Waals surface area contributed by atoms with E-state index < -0.39 is 10.0 Å². The molecule has 1 aromatic heterocycles. The molecular formula is C17H25N5O2S2. The minimum atomic E-state index is -3.50. The Morgan fingerprint density at radius 3 is 2.38 bits per heavy atom. The van der Waals surface area contributed by atoms with Gasteiger partial charge in [0.1, 0.15) is 5.01 Å². The lowest BCUT2D eigenvalue weighted by Gasteiger charge is -2.12. The molecule has 9 heteroatoms. The van der Waals surface area contributed by atoms with E-state index in [9.17, 15) is 8.42 Å². The molecule has 0 aliphatic heterocycles. The number of guanidine groups is 1. The fourth-order valence-corrected chi connectivity index (χ4v) is 4.07. The summed E-state index contributed by atoms with van der Waals surface area (Å²) in [4.78, 5) is 10.1. The third-order valence-electron chi connectivity index (χ3n) is 3.74. The van der Waals surface area contributed by atoms with Gasteiger partial charge in [0.2, 0.25) is 10.0 Å². The lowest BCUT2D eigenvalue weighted by atomic mass is 10.2. The molecule has 0 saturated heterocycles. The van der Waals surface area contributed by atoms with Crippen LogP contribution in [0.1, 0.15) is 21.1 Å². The second-order valence-electron chi connectivity index (χ2n) is 5.81. The molecule has 0 bridgehead atoms. The summed E-state index contributed by atoms with van der Waals surface area (Å²) in [5.41, 5.74) is 2.06. The van der Waals surface area contributed by atoms with Gasteiger partial charge in [0.15, 0.2) is 5.96 Å². The summed E-state index contributed by atoms with van der Waals surface area (Å²) in [6, 6.07) is 6.76. The normalized spacial score (nSPS) is 12.2. The van der Waals surface area contributed by atoms with Crippen LogP contribution in [0, 0.1) is 20.8 Å². The maximum Gasteiger partial charge on any atom is 0.240 e. The average molecular weight is 396 g/mol. The molecule has 0 spiro atoms. The number of nitrogens with one attached hydrogen (secondary N) is 3. The summed E-state index contributed by atoms with van der Waals surface area (Å²) in [6.07, 6.45) is 0. The maximum atomic E-state index is 12.2. The Morgan fingerprint density at radius 2 is 1.81 bits per heavy atom. The van der Waals surface area contributed by atoms with Crippen molar-refractivity contribution >= 4 is 27.3 Å². The molecule has 0 fully saturated rings. The summed E-state index contributed by atoms with van der Waals surface area (Å²) in [6.45, 7) is 7.20. The number of aryl methyl sites for hydroxylation is 3. The predicted molar refractivity (Wildman–Crippen MR) is 106 cm³/mol. The van der Waals surface area contributed by atoms with E-state index in [4.69, 9.17) is 0 Å². The first-order chi connectivity index (χ1) is 12.3. The molecule has 1 aromatic carbocycles. The van der Waals surface area contributed by atoms with Crippen LogP contribution in [-0.2, 0) is 16.6 Å². The van der Waals surface area contributed by atoms with Crippen LogP contribution >= 0.6 is 11.3 Å². The van der Waals surface area contributed by atoms with Crippen molar-refractivity contribution in [2.75, 3.05) is 20.1 Å². The number of hydrogen-bond donors (Lipinski definition) is 3. The zero-order valence-corrected chi connectivity index (χ0v) is 17.1. The highest BCUT2D eigenvalue weighted by Crippen LogP contribution is 2.15. The van der Waals surface area contributed by atoms with Gasteiger partial charge in [-0.1, -0.05) is 17.7 Å². The molecule has 0 atom stereocenters. The highest BCUT2D eigenvalue weighted by Gasteiger charge is 2.12. The van der Waals surface area contributed by atoms with Crippen LogP contribution in [0.2, 0.25) is 0 Å². The van der Waals surface area contributed by atoms with Crippen LogP contribution in [0.15, 0.2) is 34.2 Å². The fourth-order valence-electron chi connectivity index (χ4n) is 2.16. The van der Waals surface area contributed by atoms with Gasteiger partial charge in [-0.15, -0.1) is 11.3 Å². The Kier molecular flexibility index (Phi) is 7.13. The minimum Gasteiger partial charge on any atom is -0.355 e. The third kappa shape index (κ3) is 5.79. The van der Waals surface area contributed by atoms with Crippen molar-refractivity contribution < 1.29 is 8.42 Å². The summed E-state index contributed by atoms with van der Waals surface area (Å²) >= 11 is 1.65. The van der Waals surface area contributed by atoms with Gasteiger partial charge < -0.3 is 10.6 Å². The van der Waals surface area contributed by atoms with Gasteiger partial charge in [0.05, 0.1) is 17.1 Å². The summed E-state index contributed by atoms with van der Waals surface area (Å²) in [5.74, 6) is 0.602. The van der Waals surface area contributed by atoms with Crippen molar-refractivity contribution in [1.29, 1.82) is 0 Å². The Balaban J connectivity index is 1.77. The van der Waals surface area contributed by atoms with Crippen LogP contribution in [0.5, 0.6) is 0 Å². The topological polar surface area (TPSA) is 95.5 Å². The van der Waals surface area contributed by atoms with E-state index >= 15 is 0 Å². The maximum absolute atomic E-state index is 12.2. The molecule has 1 heterocycles. The molecule has 7 nitrogen and oxygen atoms in total. The number of sulfonamides is 1. The van der Waals surface area contributed by atoms with Crippen molar-refractivity contribution in [2.24, 2.45) is 4.99 Å². The minimum absolute atomic E-state index is 0.256. The first kappa shape index (κ1) is 20.3. The molecule has 3 N–H and O–H groups in total. The quantitative estimate of drug-likeness (QED) is 0.377. The molecule has 0 aliphatic rings. The van der Waals surface area contributed by atoms with Crippen LogP contribution in [0.3, 0.4) is 0 Å². The van der Waals surface area contributed by atoms with Crippen LogP contribution in [0.25, 0.3) is 0 Å². The lowest BCUT2D eigenvalue weighted by molar-refractivity contribution is 0.580. The molecule has 26 heavy (non-hydrogen) atoms. The van der Waals surface area contributed by atoms with Crippen LogP contribution in [0.4, 0.5) is 0 Å². The van der Waals surface area contributed by atoms with Gasteiger partial charge in [0, 0.05) is 25.0 Å². The zero-order valence-electron chi connectivity index (χ0n) is 15.5. The van der Waals surface area contributed by atoms with E-state index in [0.29, 0.717) is 19.0 Å². The molecule has 0 saturated carbocycles. The van der Waals surface area contributed by atoms with Gasteiger partial charge in [-0.05, 0) is 32.9 Å². The lowest BCUT2D eigenvalue weighted by Crippen LogP contribution is -2.41. The van der Waals surface area contributed by atoms with E-state index in [0.717, 1.165) is 16.3 Å². The van der Waals surface area contributed by atoms with E-state index in [-0.39, 0.29) is 11.4 Å². The molecule has 2 aromatic rings. The van der Waals surface area contributed by atoms with E-state index in [1.54, 1.807) is 42.6 Å². The number of hydrogen-bond acceptors (Lipinski definition) is 5. The van der Waals surface area contributed by atoms with Crippen LogP contribution < -0.4 is 15.4 Å². The number of aliphatic imine (C=N–C) groups is 1. The fraction of sp³-hybridized carbons (Fsp3) is 0.412. The zero-order chi connectivity index (χ0) is 19.2. The van der Waals surface area contributed by atoms with Crippen molar-refractivity contribution in [2.45, 2.75) is 32.2 Å². The summed E-state index contributed by atoms with van der Waals surface area (Å²) in [5, 5.41) is 7.24. The molecule has 0 unspecified atom stereocenters. The van der Waals surface area contributed by atoms with Crippen molar-refractivity contribution in [1.82, 2.24) is 20.3 Å². The molecule has 0 radical (unpaired) electrons. The van der Waals surface area contributed by atoms with E-state index in [1.807, 2.05) is 20.8 Å². The number of thiazole rings is 1. The molecule has 0 amide bonds. The van der Waals surface area contributed by atoms with Gasteiger partial charge in [0.25, 0.3) is 0 Å². The van der Waals surface area contributed by atoms with Crippen molar-refractivity contribution in [3.05, 3.63) is 45.4 Å². The second kappa shape index (κ2) is 9.11. The smallest absolute Gasteiger partial charge is 0.240 e. The van der Waals surface area contributed by atoms with Gasteiger partial charge >= 0.3 is 0 Å². The number of benzene rings is 1. The van der Waals surface area contributed by atoms with E-state index in [1.165, 1.54) is 4.88 Å². The SMILES string of the molecule is CN=C(NCCNS(=O)(=O)c1ccc(C)cc1)NCc1nc(C)c(C)s1. The largest absolute Gasteiger partial charge is 0.355 e. The van der Waals surface area contributed by atoms with Gasteiger partial charge in [-0.3, -0.25) is 4.99 Å². The molecule has 0 aliphatic carbocycles. The Bertz CT molecular complexity index is 838. The predicted octanol–water partition coefficient (Wildman–Crippen LogP) is 1.71. The monoisotopic (exact) mass is 395 g/mol. The number of rotatable bonds is 7. The second-order valence-corrected chi connectivity index (χ2v) is 8.87. The Labute approximate surface area is 159 Å². The van der Waals surface area contributed by atoms with Gasteiger partial charge in [-0.25, -0.2) is 18.1 Å². The summed E-state index contributed by atoms with van der Waals surface area (Å²) < 4.78 is 27.0. The molecule has 2 rings (SSSR count). The number of nitrogens with zero attached hydrogens (tertiary/aromatic N) is 2. The number of aromatic nitrogens is 1. The summed E-state index contributed by atoms with van der Waals surface area (Å²) in [7, 11) is -1.83. The third-order valence-corrected chi connectivity index (χ3v) is 6.29. The van der Waals surface area contributed by atoms with Gasteiger partial charge in [-0.2, -0.15) is 0 Å². The molecule has 142 valence electrons. The highest BCUT2D eigenvalue weighted by molar-refractivity contribution is 7.89. The Morgan fingerprint density at radius 1 is 1.12 bits per heavy atom. The first-order valence-corrected chi connectivity index (χ1v) is 10.6. The van der Waals surface area contributed by atoms with Crippen molar-refractivity contribution in [3.63, 3.8) is 0 Å². The van der Waals surface area contributed by atoms with Crippen LogP contribution in [-0.4, -0.2) is 39.5 Å². The first-order valence-electron chi connectivity index (χ1n) is 8.25.